The molecule has 1 amide bonds. The first-order valence-electron chi connectivity index (χ1n) is 9.02. The minimum Gasteiger partial charge on any atom is -0.497 e. The van der Waals surface area contributed by atoms with Crippen molar-refractivity contribution in [1.82, 2.24) is 10.1 Å². The number of benzene rings is 2. The van der Waals surface area contributed by atoms with Gasteiger partial charge in [-0.25, -0.2) is 0 Å². The fraction of sp³-hybridized carbons (Fsp3) is 0.286. The molecule has 7 nitrogen and oxygen atoms in total. The van der Waals surface area contributed by atoms with Crippen LogP contribution in [0.25, 0.3) is 11.4 Å². The van der Waals surface area contributed by atoms with Crippen molar-refractivity contribution in [3.05, 3.63) is 53.9 Å². The smallest absolute Gasteiger partial charge is 0.232 e. The Bertz CT molecular complexity index is 1010. The lowest BCUT2D eigenvalue weighted by Gasteiger charge is -2.19. The second-order valence-corrected chi connectivity index (χ2v) is 6.77. The van der Waals surface area contributed by atoms with E-state index in [4.69, 9.17) is 14.0 Å². The lowest BCUT2D eigenvalue weighted by atomic mass is 10.1. The fourth-order valence-electron chi connectivity index (χ4n) is 3.42. The second-order valence-electron chi connectivity index (χ2n) is 6.77. The van der Waals surface area contributed by atoms with Gasteiger partial charge in [-0.2, -0.15) is 4.98 Å². The SMILES string of the molecule is COc1ccc(N2C[C@@H](c3nc(-c4cccc(C)c4)no3)CC2=O)c(OC)c1. The van der Waals surface area contributed by atoms with Crippen molar-refractivity contribution < 1.29 is 18.8 Å². The van der Waals surface area contributed by atoms with Crippen LogP contribution in [-0.4, -0.2) is 36.8 Å². The highest BCUT2D eigenvalue weighted by molar-refractivity contribution is 5.97. The van der Waals surface area contributed by atoms with Gasteiger partial charge in [0.1, 0.15) is 11.5 Å². The highest BCUT2D eigenvalue weighted by Crippen LogP contribution is 2.38. The number of aromatic nitrogens is 2. The monoisotopic (exact) mass is 379 g/mol. The number of rotatable bonds is 5. The molecular weight excluding hydrogens is 358 g/mol. The van der Waals surface area contributed by atoms with Crippen LogP contribution in [0.5, 0.6) is 11.5 Å². The molecule has 2 aromatic carbocycles. The quantitative estimate of drug-likeness (QED) is 0.674. The summed E-state index contributed by atoms with van der Waals surface area (Å²) >= 11 is 0. The number of nitrogens with zero attached hydrogens (tertiary/aromatic N) is 3. The van der Waals surface area contributed by atoms with Crippen molar-refractivity contribution in [2.75, 3.05) is 25.7 Å². The van der Waals surface area contributed by atoms with Crippen molar-refractivity contribution >= 4 is 11.6 Å². The Hall–Kier alpha value is -3.35. The molecular formula is C21H21N3O4. The first-order valence-corrected chi connectivity index (χ1v) is 9.02. The second kappa shape index (κ2) is 7.34. The molecule has 0 spiro atoms. The van der Waals surface area contributed by atoms with Crippen LogP contribution in [0, 0.1) is 6.92 Å². The third-order valence-electron chi connectivity index (χ3n) is 4.87. The third kappa shape index (κ3) is 3.31. The average Bonchev–Trinajstić information content (AvgIpc) is 3.34. The topological polar surface area (TPSA) is 77.7 Å². The van der Waals surface area contributed by atoms with Gasteiger partial charge in [0.25, 0.3) is 0 Å². The molecule has 0 unspecified atom stereocenters. The van der Waals surface area contributed by atoms with Gasteiger partial charge in [-0.1, -0.05) is 28.9 Å². The van der Waals surface area contributed by atoms with Gasteiger partial charge in [-0.15, -0.1) is 0 Å². The Morgan fingerprint density at radius 3 is 2.75 bits per heavy atom. The van der Waals surface area contributed by atoms with Crippen molar-refractivity contribution in [1.29, 1.82) is 0 Å². The van der Waals surface area contributed by atoms with Crippen LogP contribution in [-0.2, 0) is 4.79 Å². The first-order chi connectivity index (χ1) is 13.6. The molecule has 4 rings (SSSR count). The Kier molecular flexibility index (Phi) is 4.73. The molecule has 1 saturated heterocycles. The molecule has 0 N–H and O–H groups in total. The minimum absolute atomic E-state index is 0.0104. The van der Waals surface area contributed by atoms with Gasteiger partial charge in [0.15, 0.2) is 0 Å². The highest BCUT2D eigenvalue weighted by atomic mass is 16.5. The zero-order valence-corrected chi connectivity index (χ0v) is 16.0. The number of aryl methyl sites for hydroxylation is 1. The van der Waals surface area contributed by atoms with Crippen LogP contribution in [0.2, 0.25) is 0 Å². The molecule has 1 aliphatic heterocycles. The lowest BCUT2D eigenvalue weighted by molar-refractivity contribution is -0.117. The number of hydrogen-bond donors (Lipinski definition) is 0. The summed E-state index contributed by atoms with van der Waals surface area (Å²) in [6.07, 6.45) is 0.310. The average molecular weight is 379 g/mol. The van der Waals surface area contributed by atoms with Crippen LogP contribution in [0.4, 0.5) is 5.69 Å². The van der Waals surface area contributed by atoms with Crippen LogP contribution < -0.4 is 14.4 Å². The maximum atomic E-state index is 12.7. The Balaban J connectivity index is 1.57. The Morgan fingerprint density at radius 1 is 1.14 bits per heavy atom. The summed E-state index contributed by atoms with van der Waals surface area (Å²) in [7, 11) is 3.16. The molecule has 1 atom stereocenters. The van der Waals surface area contributed by atoms with Gasteiger partial charge in [0.2, 0.25) is 17.6 Å². The first kappa shape index (κ1) is 18.0. The van der Waals surface area contributed by atoms with Gasteiger partial charge in [0.05, 0.1) is 25.8 Å². The lowest BCUT2D eigenvalue weighted by Crippen LogP contribution is -2.24. The minimum atomic E-state index is -0.162. The molecule has 1 aliphatic rings. The van der Waals surface area contributed by atoms with Crippen molar-refractivity contribution in [2.24, 2.45) is 0 Å². The summed E-state index contributed by atoms with van der Waals surface area (Å²) in [5.74, 6) is 2.09. The number of methoxy groups -OCH3 is 2. The molecule has 7 heteroatoms. The van der Waals surface area contributed by atoms with E-state index in [-0.39, 0.29) is 11.8 Å². The van der Waals surface area contributed by atoms with Crippen molar-refractivity contribution in [3.63, 3.8) is 0 Å². The number of carbonyl (C=O) groups excluding carboxylic acids is 1. The molecule has 1 aromatic heterocycles. The van der Waals surface area contributed by atoms with E-state index in [9.17, 15) is 4.79 Å². The molecule has 0 saturated carbocycles. The summed E-state index contributed by atoms with van der Waals surface area (Å²) in [6, 6.07) is 13.3. The van der Waals surface area contributed by atoms with Gasteiger partial charge in [0, 0.05) is 24.6 Å². The molecule has 2 heterocycles. The number of hydrogen-bond acceptors (Lipinski definition) is 6. The Labute approximate surface area is 162 Å². The van der Waals surface area contributed by atoms with Crippen molar-refractivity contribution in [3.8, 4) is 22.9 Å². The highest BCUT2D eigenvalue weighted by Gasteiger charge is 2.36. The summed E-state index contributed by atoms with van der Waals surface area (Å²) in [6.45, 7) is 2.47. The van der Waals surface area contributed by atoms with Crippen LogP contribution in [0.15, 0.2) is 47.0 Å². The molecule has 0 aliphatic carbocycles. The molecule has 1 fully saturated rings. The van der Waals surface area contributed by atoms with Crippen LogP contribution in [0.1, 0.15) is 23.8 Å². The van der Waals surface area contributed by atoms with Gasteiger partial charge in [-0.05, 0) is 25.1 Å². The van der Waals surface area contributed by atoms with E-state index in [1.165, 1.54) is 0 Å². The molecule has 28 heavy (non-hydrogen) atoms. The standard InChI is InChI=1S/C21H21N3O4/c1-13-5-4-6-14(9-13)20-22-21(28-23-20)15-10-19(25)24(12-15)17-8-7-16(26-2)11-18(17)27-3/h4-9,11,15H,10,12H2,1-3H3/t15-/m0/s1. The molecule has 0 radical (unpaired) electrons. The van der Waals surface area contributed by atoms with E-state index in [1.807, 2.05) is 37.3 Å². The predicted molar refractivity (Wildman–Crippen MR) is 104 cm³/mol. The number of ether oxygens (including phenoxy) is 2. The summed E-state index contributed by atoms with van der Waals surface area (Å²) in [5.41, 5.74) is 2.72. The molecule has 0 bridgehead atoms. The Morgan fingerprint density at radius 2 is 2.00 bits per heavy atom. The zero-order chi connectivity index (χ0) is 19.7. The van der Waals surface area contributed by atoms with Crippen molar-refractivity contribution in [2.45, 2.75) is 19.3 Å². The normalized spacial score (nSPS) is 16.5. The largest absolute Gasteiger partial charge is 0.497 e. The van der Waals surface area contributed by atoms with Crippen LogP contribution in [0.3, 0.4) is 0 Å². The summed E-state index contributed by atoms with van der Waals surface area (Å²) < 4.78 is 16.1. The van der Waals surface area contributed by atoms with E-state index >= 15 is 0 Å². The van der Waals surface area contributed by atoms with Crippen LogP contribution >= 0.6 is 0 Å². The number of amides is 1. The number of carbonyl (C=O) groups is 1. The van der Waals surface area contributed by atoms with E-state index in [0.717, 1.165) is 11.1 Å². The van der Waals surface area contributed by atoms with Gasteiger partial charge < -0.3 is 18.9 Å². The van der Waals surface area contributed by atoms with E-state index in [0.29, 0.717) is 41.9 Å². The maximum Gasteiger partial charge on any atom is 0.232 e. The van der Waals surface area contributed by atoms with E-state index in [2.05, 4.69) is 10.1 Å². The van der Waals surface area contributed by atoms with Gasteiger partial charge in [-0.3, -0.25) is 4.79 Å². The predicted octanol–water partition coefficient (Wildman–Crippen LogP) is 3.58. The van der Waals surface area contributed by atoms with Gasteiger partial charge >= 0.3 is 0 Å². The number of anilines is 1. The zero-order valence-electron chi connectivity index (χ0n) is 16.0. The fourth-order valence-corrected chi connectivity index (χ4v) is 3.42. The van der Waals surface area contributed by atoms with E-state index < -0.39 is 0 Å². The summed E-state index contributed by atoms with van der Waals surface area (Å²) in [4.78, 5) is 18.9. The summed E-state index contributed by atoms with van der Waals surface area (Å²) in [5, 5.41) is 4.09. The third-order valence-corrected chi connectivity index (χ3v) is 4.87. The maximum absolute atomic E-state index is 12.7. The molecule has 144 valence electrons. The van der Waals surface area contributed by atoms with E-state index in [1.54, 1.807) is 31.3 Å². The molecule has 3 aromatic rings.